The van der Waals surface area contributed by atoms with E-state index in [0.717, 1.165) is 64.0 Å². The number of allylic oxidation sites excluding steroid dienone is 1. The zero-order valence-corrected chi connectivity index (χ0v) is 12.4. The van der Waals surface area contributed by atoms with Crippen molar-refractivity contribution in [3.8, 4) is 0 Å². The number of hydrogen-bond acceptors (Lipinski definition) is 3. The Morgan fingerprint density at radius 2 is 2.35 bits per heavy atom. The summed E-state index contributed by atoms with van der Waals surface area (Å²) in [4.78, 5) is 14.4. The second-order valence-corrected chi connectivity index (χ2v) is 6.32. The molecule has 0 bridgehead atoms. The number of likely N-dealkylation sites (tertiary alicyclic amines) is 1. The number of amides is 1. The van der Waals surface area contributed by atoms with Crippen LogP contribution in [-0.2, 0) is 14.3 Å². The minimum atomic E-state index is -0.0661. The minimum Gasteiger partial charge on any atom is -0.385 e. The van der Waals surface area contributed by atoms with Gasteiger partial charge in [-0.2, -0.15) is 0 Å². The molecule has 0 saturated carbocycles. The molecule has 2 aliphatic heterocycles. The lowest BCUT2D eigenvalue weighted by atomic mass is 9.78. The van der Waals surface area contributed by atoms with Crippen LogP contribution in [-0.4, -0.2) is 49.8 Å². The van der Waals surface area contributed by atoms with Crippen LogP contribution >= 0.6 is 0 Å². The van der Waals surface area contributed by atoms with Crippen molar-refractivity contribution >= 4 is 5.91 Å². The Morgan fingerprint density at radius 1 is 1.50 bits per heavy atom. The Labute approximate surface area is 121 Å². The lowest BCUT2D eigenvalue weighted by molar-refractivity contribution is -0.162. The highest BCUT2D eigenvalue weighted by atomic mass is 16.5. The maximum Gasteiger partial charge on any atom is 0.249 e. The van der Waals surface area contributed by atoms with Gasteiger partial charge < -0.3 is 14.4 Å². The molecule has 2 heterocycles. The monoisotopic (exact) mass is 279 g/mol. The van der Waals surface area contributed by atoms with Crippen molar-refractivity contribution in [2.45, 2.75) is 44.1 Å². The zero-order valence-electron chi connectivity index (χ0n) is 12.4. The van der Waals surface area contributed by atoms with Crippen LogP contribution in [0.3, 0.4) is 0 Å². The highest BCUT2D eigenvalue weighted by Gasteiger charge is 2.54. The van der Waals surface area contributed by atoms with E-state index in [0.29, 0.717) is 5.92 Å². The summed E-state index contributed by atoms with van der Waals surface area (Å²) in [5.74, 6) is 0.795. The molecule has 4 nitrogen and oxygen atoms in total. The SMILES string of the molecule is COCC[C@@H]1CCOC12CN(C(=O)C1=CCCCC1)C2. The van der Waals surface area contributed by atoms with Crippen LogP contribution in [0.4, 0.5) is 0 Å². The highest BCUT2D eigenvalue weighted by molar-refractivity contribution is 5.94. The first-order valence-corrected chi connectivity index (χ1v) is 7.86. The number of carbonyl (C=O) groups excluding carboxylic acids is 1. The van der Waals surface area contributed by atoms with Crippen LogP contribution in [0.1, 0.15) is 38.5 Å². The third-order valence-corrected chi connectivity index (χ3v) is 5.04. The standard InChI is InChI=1S/C16H25NO3/c1-19-9-7-14-8-10-20-16(14)11-17(12-16)15(18)13-5-3-2-4-6-13/h5,14H,2-4,6-12H2,1H3/t14-/m1/s1. The van der Waals surface area contributed by atoms with Gasteiger partial charge in [0.05, 0.1) is 13.1 Å². The number of carbonyl (C=O) groups is 1. The molecule has 2 saturated heterocycles. The lowest BCUT2D eigenvalue weighted by Gasteiger charge is -2.50. The summed E-state index contributed by atoms with van der Waals surface area (Å²) in [6.07, 6.45) is 8.68. The van der Waals surface area contributed by atoms with Crippen LogP contribution in [0.25, 0.3) is 0 Å². The fraction of sp³-hybridized carbons (Fsp3) is 0.812. The van der Waals surface area contributed by atoms with E-state index in [1.165, 1.54) is 6.42 Å². The van der Waals surface area contributed by atoms with Crippen molar-refractivity contribution in [1.82, 2.24) is 4.90 Å². The van der Waals surface area contributed by atoms with Gasteiger partial charge in [-0.1, -0.05) is 6.08 Å². The molecule has 2 fully saturated rings. The van der Waals surface area contributed by atoms with Gasteiger partial charge in [0.25, 0.3) is 0 Å². The average molecular weight is 279 g/mol. The smallest absolute Gasteiger partial charge is 0.249 e. The molecule has 0 aromatic rings. The molecular weight excluding hydrogens is 254 g/mol. The van der Waals surface area contributed by atoms with Crippen molar-refractivity contribution in [2.24, 2.45) is 5.92 Å². The van der Waals surface area contributed by atoms with Gasteiger partial charge in [-0.3, -0.25) is 4.79 Å². The van der Waals surface area contributed by atoms with Gasteiger partial charge in [-0.25, -0.2) is 0 Å². The Bertz CT molecular complexity index is 399. The van der Waals surface area contributed by atoms with Crippen molar-refractivity contribution in [3.63, 3.8) is 0 Å². The number of rotatable bonds is 4. The zero-order chi connectivity index (χ0) is 14.0. The van der Waals surface area contributed by atoms with Gasteiger partial charge in [-0.05, 0) is 44.4 Å². The first-order chi connectivity index (χ1) is 9.75. The number of ether oxygens (including phenoxy) is 2. The summed E-state index contributed by atoms with van der Waals surface area (Å²) in [5, 5.41) is 0. The van der Waals surface area contributed by atoms with Gasteiger partial charge >= 0.3 is 0 Å². The first kappa shape index (κ1) is 14.1. The van der Waals surface area contributed by atoms with Crippen LogP contribution < -0.4 is 0 Å². The first-order valence-electron chi connectivity index (χ1n) is 7.86. The summed E-state index contributed by atoms with van der Waals surface area (Å²) in [5.41, 5.74) is 0.959. The Balaban J connectivity index is 1.56. The molecule has 1 spiro atoms. The predicted octanol–water partition coefficient (Wildman–Crippen LogP) is 2.14. The lowest BCUT2D eigenvalue weighted by Crippen LogP contribution is -2.66. The third-order valence-electron chi connectivity index (χ3n) is 5.04. The van der Waals surface area contributed by atoms with Crippen molar-refractivity contribution in [1.29, 1.82) is 0 Å². The van der Waals surface area contributed by atoms with E-state index < -0.39 is 0 Å². The van der Waals surface area contributed by atoms with E-state index >= 15 is 0 Å². The molecule has 0 aromatic carbocycles. The fourth-order valence-corrected chi connectivity index (χ4v) is 3.78. The van der Waals surface area contributed by atoms with Crippen LogP contribution in [0, 0.1) is 5.92 Å². The van der Waals surface area contributed by atoms with Crippen molar-refractivity contribution in [3.05, 3.63) is 11.6 Å². The Morgan fingerprint density at radius 3 is 3.05 bits per heavy atom. The summed E-state index contributed by atoms with van der Waals surface area (Å²) in [7, 11) is 1.74. The quantitative estimate of drug-likeness (QED) is 0.791. The van der Waals surface area contributed by atoms with Crippen LogP contribution in [0.15, 0.2) is 11.6 Å². The molecule has 112 valence electrons. The van der Waals surface area contributed by atoms with E-state index in [1.807, 2.05) is 4.90 Å². The molecule has 1 atom stereocenters. The van der Waals surface area contributed by atoms with E-state index in [4.69, 9.17) is 9.47 Å². The minimum absolute atomic E-state index is 0.0661. The maximum absolute atomic E-state index is 12.4. The molecule has 0 radical (unpaired) electrons. The largest absolute Gasteiger partial charge is 0.385 e. The van der Waals surface area contributed by atoms with E-state index in [2.05, 4.69) is 6.08 Å². The van der Waals surface area contributed by atoms with Gasteiger partial charge in [-0.15, -0.1) is 0 Å². The summed E-state index contributed by atoms with van der Waals surface area (Å²) in [6.45, 7) is 3.17. The van der Waals surface area contributed by atoms with Gasteiger partial charge in [0.2, 0.25) is 5.91 Å². The predicted molar refractivity (Wildman–Crippen MR) is 76.4 cm³/mol. The summed E-state index contributed by atoms with van der Waals surface area (Å²) in [6, 6.07) is 0. The molecule has 3 aliphatic rings. The molecule has 20 heavy (non-hydrogen) atoms. The molecule has 1 aliphatic carbocycles. The Kier molecular flexibility index (Phi) is 4.13. The topological polar surface area (TPSA) is 38.8 Å². The van der Waals surface area contributed by atoms with E-state index in [9.17, 15) is 4.79 Å². The fourth-order valence-electron chi connectivity index (χ4n) is 3.78. The molecule has 1 amide bonds. The number of nitrogens with zero attached hydrogens (tertiary/aromatic N) is 1. The molecule has 4 heteroatoms. The normalized spacial score (nSPS) is 28.4. The van der Waals surface area contributed by atoms with Gasteiger partial charge in [0.15, 0.2) is 0 Å². The summed E-state index contributed by atoms with van der Waals surface area (Å²) >= 11 is 0. The molecule has 3 rings (SSSR count). The highest BCUT2D eigenvalue weighted by Crippen LogP contribution is 2.42. The summed E-state index contributed by atoms with van der Waals surface area (Å²) < 4.78 is 11.2. The average Bonchev–Trinajstić information content (AvgIpc) is 2.87. The molecule has 0 unspecified atom stereocenters. The van der Waals surface area contributed by atoms with E-state index in [-0.39, 0.29) is 11.5 Å². The van der Waals surface area contributed by atoms with Crippen LogP contribution in [0.5, 0.6) is 0 Å². The number of hydrogen-bond donors (Lipinski definition) is 0. The Hall–Kier alpha value is -0.870. The second kappa shape index (κ2) is 5.86. The molecule has 0 N–H and O–H groups in total. The number of methoxy groups -OCH3 is 1. The van der Waals surface area contributed by atoms with Crippen LogP contribution in [0.2, 0.25) is 0 Å². The molecular formula is C16H25NO3. The third kappa shape index (κ3) is 2.51. The van der Waals surface area contributed by atoms with Crippen molar-refractivity contribution < 1.29 is 14.3 Å². The second-order valence-electron chi connectivity index (χ2n) is 6.32. The maximum atomic E-state index is 12.4. The van der Waals surface area contributed by atoms with E-state index in [1.54, 1.807) is 7.11 Å². The van der Waals surface area contributed by atoms with Crippen molar-refractivity contribution in [2.75, 3.05) is 33.4 Å². The molecule has 0 aromatic heterocycles. The van der Waals surface area contributed by atoms with Gasteiger partial charge in [0.1, 0.15) is 5.60 Å². The van der Waals surface area contributed by atoms with Gasteiger partial charge in [0, 0.05) is 25.9 Å².